The van der Waals surface area contributed by atoms with Crippen molar-refractivity contribution in [2.24, 2.45) is 0 Å². The highest BCUT2D eigenvalue weighted by atomic mass is 16.5. The summed E-state index contributed by atoms with van der Waals surface area (Å²) in [5, 5.41) is 11.4. The summed E-state index contributed by atoms with van der Waals surface area (Å²) in [4.78, 5) is 0. The van der Waals surface area contributed by atoms with Crippen molar-refractivity contribution in [1.82, 2.24) is 20.3 Å². The highest BCUT2D eigenvalue weighted by Gasteiger charge is 2.01. The van der Waals surface area contributed by atoms with Crippen LogP contribution >= 0.6 is 0 Å². The van der Waals surface area contributed by atoms with Gasteiger partial charge in [-0.3, -0.25) is 0 Å². The summed E-state index contributed by atoms with van der Waals surface area (Å²) in [7, 11) is 0. The van der Waals surface area contributed by atoms with Crippen LogP contribution in [0.15, 0.2) is 6.20 Å². The van der Waals surface area contributed by atoms with E-state index in [-0.39, 0.29) is 0 Å². The molecule has 0 saturated heterocycles. The number of nitrogens with zero attached hydrogens (tertiary/aromatic N) is 3. The third-order valence-electron chi connectivity index (χ3n) is 2.74. The Balaban J connectivity index is 2.07. The summed E-state index contributed by atoms with van der Waals surface area (Å²) in [5.74, 6) is 0. The van der Waals surface area contributed by atoms with Gasteiger partial charge in [0.15, 0.2) is 0 Å². The van der Waals surface area contributed by atoms with Crippen molar-refractivity contribution in [2.45, 2.75) is 52.8 Å². The standard InChI is InChI=1S/C14H28N4O2/c1-4-5-8-19-10-7-18-11-14(16-17-18)12-20-9-6-15-13(2)3/h11,13,15H,4-10,12H2,1-3H3. The van der Waals surface area contributed by atoms with E-state index in [1.54, 1.807) is 4.68 Å². The molecule has 0 bridgehead atoms. The van der Waals surface area contributed by atoms with Crippen LogP contribution in [0.3, 0.4) is 0 Å². The maximum absolute atomic E-state index is 5.53. The quantitative estimate of drug-likeness (QED) is 0.591. The molecule has 0 fully saturated rings. The number of aromatic nitrogens is 3. The normalized spacial score (nSPS) is 11.4. The van der Waals surface area contributed by atoms with Crippen LogP contribution in [0.4, 0.5) is 0 Å². The van der Waals surface area contributed by atoms with Crippen molar-refractivity contribution in [1.29, 1.82) is 0 Å². The second-order valence-corrected chi connectivity index (χ2v) is 5.10. The lowest BCUT2D eigenvalue weighted by Crippen LogP contribution is -2.26. The Labute approximate surface area is 121 Å². The van der Waals surface area contributed by atoms with E-state index in [0.717, 1.165) is 38.2 Å². The average molecular weight is 284 g/mol. The third kappa shape index (κ3) is 8.24. The molecule has 1 N–H and O–H groups in total. The molecule has 0 radical (unpaired) electrons. The summed E-state index contributed by atoms with van der Waals surface area (Å²) in [6.45, 7) is 10.7. The van der Waals surface area contributed by atoms with E-state index in [9.17, 15) is 0 Å². The van der Waals surface area contributed by atoms with Crippen LogP contribution in [0.2, 0.25) is 0 Å². The summed E-state index contributed by atoms with van der Waals surface area (Å²) >= 11 is 0. The molecule has 0 aliphatic heterocycles. The van der Waals surface area contributed by atoms with Crippen molar-refractivity contribution in [3.05, 3.63) is 11.9 Å². The first-order valence-corrected chi connectivity index (χ1v) is 7.50. The van der Waals surface area contributed by atoms with Gasteiger partial charge in [-0.15, -0.1) is 5.10 Å². The van der Waals surface area contributed by atoms with Gasteiger partial charge >= 0.3 is 0 Å². The number of hydrogen-bond donors (Lipinski definition) is 1. The smallest absolute Gasteiger partial charge is 0.108 e. The first-order chi connectivity index (χ1) is 9.72. The zero-order valence-electron chi connectivity index (χ0n) is 13.0. The zero-order valence-corrected chi connectivity index (χ0v) is 13.0. The molecule has 0 aliphatic rings. The molecule has 1 aromatic rings. The topological polar surface area (TPSA) is 61.2 Å². The Kier molecular flexibility index (Phi) is 9.19. The molecule has 20 heavy (non-hydrogen) atoms. The van der Waals surface area contributed by atoms with Crippen LogP contribution in [0.25, 0.3) is 0 Å². The van der Waals surface area contributed by atoms with Crippen LogP contribution in [0.1, 0.15) is 39.3 Å². The van der Waals surface area contributed by atoms with Gasteiger partial charge in [0.25, 0.3) is 0 Å². The number of ether oxygens (including phenoxy) is 2. The van der Waals surface area contributed by atoms with Crippen molar-refractivity contribution >= 4 is 0 Å². The lowest BCUT2D eigenvalue weighted by molar-refractivity contribution is 0.118. The summed E-state index contributed by atoms with van der Waals surface area (Å²) in [5.41, 5.74) is 0.864. The van der Waals surface area contributed by atoms with E-state index in [4.69, 9.17) is 9.47 Å². The fraction of sp³-hybridized carbons (Fsp3) is 0.857. The van der Waals surface area contributed by atoms with Crippen LogP contribution < -0.4 is 5.32 Å². The highest BCUT2D eigenvalue weighted by molar-refractivity contribution is 4.89. The second kappa shape index (κ2) is 10.8. The minimum absolute atomic E-state index is 0.493. The maximum Gasteiger partial charge on any atom is 0.108 e. The van der Waals surface area contributed by atoms with Gasteiger partial charge in [0.2, 0.25) is 0 Å². The van der Waals surface area contributed by atoms with Gasteiger partial charge in [0, 0.05) is 19.2 Å². The first kappa shape index (κ1) is 17.1. The molecule has 0 unspecified atom stereocenters. The SMILES string of the molecule is CCCCOCCn1cc(COCCNC(C)C)nn1. The summed E-state index contributed by atoms with van der Waals surface area (Å²) in [6, 6.07) is 0.493. The molecule has 1 aromatic heterocycles. The third-order valence-corrected chi connectivity index (χ3v) is 2.74. The Bertz CT molecular complexity index is 342. The van der Waals surface area contributed by atoms with Gasteiger partial charge in [0.05, 0.1) is 32.6 Å². The highest BCUT2D eigenvalue weighted by Crippen LogP contribution is 1.96. The summed E-state index contributed by atoms with van der Waals surface area (Å²) < 4.78 is 12.8. The van der Waals surface area contributed by atoms with Crippen LogP contribution in [0.5, 0.6) is 0 Å². The van der Waals surface area contributed by atoms with Gasteiger partial charge in [-0.05, 0) is 6.42 Å². The number of hydrogen-bond acceptors (Lipinski definition) is 5. The molecule has 6 nitrogen and oxygen atoms in total. The fourth-order valence-electron chi connectivity index (χ4n) is 1.62. The van der Waals surface area contributed by atoms with Crippen molar-refractivity contribution < 1.29 is 9.47 Å². The Morgan fingerprint density at radius 2 is 2.10 bits per heavy atom. The molecule has 116 valence electrons. The number of unbranched alkanes of at least 4 members (excludes halogenated alkanes) is 1. The molecule has 0 aromatic carbocycles. The van der Waals surface area contributed by atoms with Crippen molar-refractivity contribution in [3.63, 3.8) is 0 Å². The van der Waals surface area contributed by atoms with E-state index >= 15 is 0 Å². The minimum Gasteiger partial charge on any atom is -0.380 e. The lowest BCUT2D eigenvalue weighted by atomic mass is 10.4. The largest absolute Gasteiger partial charge is 0.380 e. The zero-order chi connectivity index (χ0) is 14.6. The van der Waals surface area contributed by atoms with Gasteiger partial charge in [0.1, 0.15) is 5.69 Å². The minimum atomic E-state index is 0.493. The van der Waals surface area contributed by atoms with Crippen LogP contribution in [-0.4, -0.2) is 47.4 Å². The Hall–Kier alpha value is -0.980. The van der Waals surface area contributed by atoms with Gasteiger partial charge in [-0.1, -0.05) is 32.4 Å². The van der Waals surface area contributed by atoms with Gasteiger partial charge in [-0.25, -0.2) is 4.68 Å². The molecule has 6 heteroatoms. The molecular formula is C14H28N4O2. The number of rotatable bonds is 12. The van der Waals surface area contributed by atoms with E-state index in [2.05, 4.69) is 36.4 Å². The van der Waals surface area contributed by atoms with Crippen molar-refractivity contribution in [3.8, 4) is 0 Å². The molecule has 0 atom stereocenters. The molecule has 1 heterocycles. The fourth-order valence-corrected chi connectivity index (χ4v) is 1.62. The molecule has 0 aliphatic carbocycles. The number of nitrogens with one attached hydrogen (secondary N) is 1. The van der Waals surface area contributed by atoms with E-state index < -0.39 is 0 Å². The lowest BCUT2D eigenvalue weighted by Gasteiger charge is -2.07. The van der Waals surface area contributed by atoms with Crippen LogP contribution in [-0.2, 0) is 22.6 Å². The van der Waals surface area contributed by atoms with Gasteiger partial charge < -0.3 is 14.8 Å². The van der Waals surface area contributed by atoms with E-state index in [1.165, 1.54) is 0 Å². The average Bonchev–Trinajstić information content (AvgIpc) is 2.86. The Morgan fingerprint density at radius 1 is 1.25 bits per heavy atom. The molecule has 1 rings (SSSR count). The molecule has 0 saturated carbocycles. The maximum atomic E-state index is 5.53. The van der Waals surface area contributed by atoms with E-state index in [0.29, 0.717) is 25.9 Å². The molecule has 0 amide bonds. The Morgan fingerprint density at radius 3 is 2.85 bits per heavy atom. The van der Waals surface area contributed by atoms with Crippen molar-refractivity contribution in [2.75, 3.05) is 26.4 Å². The molecular weight excluding hydrogens is 256 g/mol. The van der Waals surface area contributed by atoms with Gasteiger partial charge in [-0.2, -0.15) is 0 Å². The second-order valence-electron chi connectivity index (χ2n) is 5.10. The predicted octanol–water partition coefficient (Wildman–Crippen LogP) is 1.61. The molecule has 0 spiro atoms. The van der Waals surface area contributed by atoms with Crippen LogP contribution in [0, 0.1) is 0 Å². The first-order valence-electron chi connectivity index (χ1n) is 7.50. The van der Waals surface area contributed by atoms with E-state index in [1.807, 2.05) is 6.20 Å². The monoisotopic (exact) mass is 284 g/mol. The predicted molar refractivity (Wildman–Crippen MR) is 78.5 cm³/mol. The summed E-state index contributed by atoms with van der Waals surface area (Å²) in [6.07, 6.45) is 4.19.